The minimum absolute atomic E-state index is 0.126. The number of rotatable bonds is 3. The number of nitrogens with zero attached hydrogens (tertiary/aromatic N) is 2. The molecular weight excluding hydrogens is 341 g/mol. The molecule has 1 heterocycles. The number of hydrogen-bond acceptors (Lipinski definition) is 2. The summed E-state index contributed by atoms with van der Waals surface area (Å²) in [5, 5.41) is 0. The second-order valence-electron chi connectivity index (χ2n) is 6.48. The van der Waals surface area contributed by atoms with Gasteiger partial charge in [0.1, 0.15) is 0 Å². The van der Waals surface area contributed by atoms with Gasteiger partial charge in [-0.25, -0.2) is 0 Å². The van der Waals surface area contributed by atoms with Crippen molar-refractivity contribution in [3.8, 4) is 11.1 Å². The lowest BCUT2D eigenvalue weighted by atomic mass is 10.0. The van der Waals surface area contributed by atoms with Crippen LogP contribution < -0.4 is 0 Å². The van der Waals surface area contributed by atoms with E-state index in [-0.39, 0.29) is 12.5 Å². The van der Waals surface area contributed by atoms with Crippen LogP contribution in [0.15, 0.2) is 54.6 Å². The highest BCUT2D eigenvalue weighted by Crippen LogP contribution is 2.21. The molecule has 138 valence electrons. The van der Waals surface area contributed by atoms with E-state index in [0.717, 1.165) is 11.1 Å². The molecular formula is C20H21F3N2O. The summed E-state index contributed by atoms with van der Waals surface area (Å²) in [7, 11) is 0. The molecule has 1 amide bonds. The van der Waals surface area contributed by atoms with Crippen molar-refractivity contribution < 1.29 is 18.0 Å². The zero-order valence-electron chi connectivity index (χ0n) is 14.4. The number of carbonyl (C=O) groups excluding carboxylic acids is 1. The standard InChI is InChI=1S/C20H21F3N2O/c21-20(22,23)15-24-11-4-12-25(14-13-24)19(26)18-9-7-17(8-10-18)16-5-2-1-3-6-16/h1-3,5-10H,4,11-15H2. The van der Waals surface area contributed by atoms with Gasteiger partial charge in [0.15, 0.2) is 0 Å². The van der Waals surface area contributed by atoms with E-state index in [4.69, 9.17) is 0 Å². The van der Waals surface area contributed by atoms with E-state index in [1.165, 1.54) is 4.90 Å². The molecule has 1 aliphatic rings. The summed E-state index contributed by atoms with van der Waals surface area (Å²) in [6.45, 7) is 0.480. The maximum atomic E-state index is 12.7. The first-order valence-corrected chi connectivity index (χ1v) is 8.66. The molecule has 0 aromatic heterocycles. The van der Waals surface area contributed by atoms with E-state index in [9.17, 15) is 18.0 Å². The Morgan fingerprint density at radius 3 is 2.15 bits per heavy atom. The zero-order chi connectivity index (χ0) is 18.6. The van der Waals surface area contributed by atoms with Crippen LogP contribution in [-0.2, 0) is 0 Å². The summed E-state index contributed by atoms with van der Waals surface area (Å²) in [6.07, 6.45) is -3.66. The smallest absolute Gasteiger partial charge is 0.337 e. The Morgan fingerprint density at radius 1 is 0.846 bits per heavy atom. The topological polar surface area (TPSA) is 23.6 Å². The Hall–Kier alpha value is -2.34. The Morgan fingerprint density at radius 2 is 1.50 bits per heavy atom. The number of carbonyl (C=O) groups is 1. The maximum absolute atomic E-state index is 12.7. The molecule has 0 bridgehead atoms. The van der Waals surface area contributed by atoms with E-state index in [1.54, 1.807) is 17.0 Å². The van der Waals surface area contributed by atoms with Crippen LogP contribution in [0.3, 0.4) is 0 Å². The molecule has 0 radical (unpaired) electrons. The molecule has 0 atom stereocenters. The summed E-state index contributed by atoms with van der Waals surface area (Å²) in [4.78, 5) is 15.7. The van der Waals surface area contributed by atoms with E-state index < -0.39 is 12.7 Å². The average Bonchev–Trinajstić information content (AvgIpc) is 2.86. The number of benzene rings is 2. The fraction of sp³-hybridized carbons (Fsp3) is 0.350. The van der Waals surface area contributed by atoms with Crippen molar-refractivity contribution >= 4 is 5.91 Å². The Kier molecular flexibility index (Phi) is 5.61. The molecule has 0 spiro atoms. The Balaban J connectivity index is 1.64. The molecule has 3 nitrogen and oxygen atoms in total. The normalized spacial score (nSPS) is 16.3. The van der Waals surface area contributed by atoms with Crippen LogP contribution in [0.4, 0.5) is 13.2 Å². The third kappa shape index (κ3) is 4.85. The lowest BCUT2D eigenvalue weighted by molar-refractivity contribution is -0.145. The summed E-state index contributed by atoms with van der Waals surface area (Å²) >= 11 is 0. The van der Waals surface area contributed by atoms with Crippen LogP contribution in [0.1, 0.15) is 16.8 Å². The molecule has 6 heteroatoms. The Bertz CT molecular complexity index is 729. The number of halogens is 3. The van der Waals surface area contributed by atoms with Crippen molar-refractivity contribution in [1.82, 2.24) is 9.80 Å². The highest BCUT2D eigenvalue weighted by atomic mass is 19.4. The minimum atomic E-state index is -4.20. The molecule has 1 saturated heterocycles. The van der Waals surface area contributed by atoms with Gasteiger partial charge in [-0.05, 0) is 29.7 Å². The van der Waals surface area contributed by atoms with E-state index in [1.807, 2.05) is 42.5 Å². The van der Waals surface area contributed by atoms with Crippen LogP contribution in [-0.4, -0.2) is 54.6 Å². The molecule has 0 N–H and O–H groups in total. The molecule has 2 aromatic rings. The third-order valence-electron chi connectivity index (χ3n) is 4.52. The summed E-state index contributed by atoms with van der Waals surface area (Å²) < 4.78 is 37.6. The highest BCUT2D eigenvalue weighted by molar-refractivity contribution is 5.94. The van der Waals surface area contributed by atoms with Crippen LogP contribution >= 0.6 is 0 Å². The van der Waals surface area contributed by atoms with Crippen molar-refractivity contribution in [3.05, 3.63) is 60.2 Å². The predicted molar refractivity (Wildman–Crippen MR) is 94.9 cm³/mol. The third-order valence-corrected chi connectivity index (χ3v) is 4.52. The van der Waals surface area contributed by atoms with Crippen LogP contribution in [0, 0.1) is 0 Å². The number of hydrogen-bond donors (Lipinski definition) is 0. The predicted octanol–water partition coefficient (Wildman–Crippen LogP) is 4.06. The first-order valence-electron chi connectivity index (χ1n) is 8.66. The van der Waals surface area contributed by atoms with Gasteiger partial charge < -0.3 is 4.90 Å². The van der Waals surface area contributed by atoms with Gasteiger partial charge >= 0.3 is 6.18 Å². The zero-order valence-corrected chi connectivity index (χ0v) is 14.4. The number of amides is 1. The van der Waals surface area contributed by atoms with Gasteiger partial charge in [-0.2, -0.15) is 13.2 Å². The van der Waals surface area contributed by atoms with Crippen LogP contribution in [0.25, 0.3) is 11.1 Å². The minimum Gasteiger partial charge on any atom is -0.337 e. The maximum Gasteiger partial charge on any atom is 0.401 e. The van der Waals surface area contributed by atoms with Crippen LogP contribution in [0.2, 0.25) is 0 Å². The molecule has 2 aromatic carbocycles. The van der Waals surface area contributed by atoms with Crippen molar-refractivity contribution in [2.45, 2.75) is 12.6 Å². The monoisotopic (exact) mass is 362 g/mol. The van der Waals surface area contributed by atoms with Crippen molar-refractivity contribution in [1.29, 1.82) is 0 Å². The van der Waals surface area contributed by atoms with E-state index in [0.29, 0.717) is 31.6 Å². The second kappa shape index (κ2) is 7.91. The van der Waals surface area contributed by atoms with E-state index >= 15 is 0 Å². The quantitative estimate of drug-likeness (QED) is 0.822. The van der Waals surface area contributed by atoms with Gasteiger partial charge in [0.25, 0.3) is 5.91 Å². The van der Waals surface area contributed by atoms with Gasteiger partial charge in [0.05, 0.1) is 6.54 Å². The van der Waals surface area contributed by atoms with Crippen LogP contribution in [0.5, 0.6) is 0 Å². The fourth-order valence-corrected chi connectivity index (χ4v) is 3.20. The van der Waals surface area contributed by atoms with Gasteiger partial charge in [0, 0.05) is 31.7 Å². The summed E-state index contributed by atoms with van der Waals surface area (Å²) in [5.74, 6) is -0.126. The summed E-state index contributed by atoms with van der Waals surface area (Å²) in [6, 6.07) is 17.2. The lowest BCUT2D eigenvalue weighted by Crippen LogP contribution is -2.38. The van der Waals surface area contributed by atoms with Gasteiger partial charge in [-0.1, -0.05) is 42.5 Å². The molecule has 0 unspecified atom stereocenters. The Labute approximate surface area is 151 Å². The molecule has 0 saturated carbocycles. The summed E-state index contributed by atoms with van der Waals surface area (Å²) in [5.41, 5.74) is 2.66. The van der Waals surface area contributed by atoms with Gasteiger partial charge in [-0.3, -0.25) is 9.69 Å². The first-order chi connectivity index (χ1) is 12.4. The van der Waals surface area contributed by atoms with Gasteiger partial charge in [0.2, 0.25) is 0 Å². The first kappa shape index (κ1) is 18.5. The molecule has 1 aliphatic heterocycles. The van der Waals surface area contributed by atoms with Gasteiger partial charge in [-0.15, -0.1) is 0 Å². The molecule has 0 aliphatic carbocycles. The number of alkyl halides is 3. The lowest BCUT2D eigenvalue weighted by Gasteiger charge is -2.23. The van der Waals surface area contributed by atoms with E-state index in [2.05, 4.69) is 0 Å². The molecule has 3 rings (SSSR count). The van der Waals surface area contributed by atoms with Crippen molar-refractivity contribution in [3.63, 3.8) is 0 Å². The van der Waals surface area contributed by atoms with Crippen molar-refractivity contribution in [2.24, 2.45) is 0 Å². The largest absolute Gasteiger partial charge is 0.401 e. The molecule has 1 fully saturated rings. The average molecular weight is 362 g/mol. The highest BCUT2D eigenvalue weighted by Gasteiger charge is 2.31. The second-order valence-corrected chi connectivity index (χ2v) is 6.48. The van der Waals surface area contributed by atoms with Crippen molar-refractivity contribution in [2.75, 3.05) is 32.7 Å². The molecule has 26 heavy (non-hydrogen) atoms. The SMILES string of the molecule is O=C(c1ccc(-c2ccccc2)cc1)N1CCCN(CC(F)(F)F)CC1. The fourth-order valence-electron chi connectivity index (χ4n) is 3.20.